The molecule has 0 heterocycles. The summed E-state index contributed by atoms with van der Waals surface area (Å²) in [6.07, 6.45) is -0.822. The highest BCUT2D eigenvalue weighted by atomic mass is 16.6. The van der Waals surface area contributed by atoms with Gasteiger partial charge in [-0.05, 0) is 31.4 Å². The monoisotopic (exact) mass is 293 g/mol. The van der Waals surface area contributed by atoms with E-state index in [1.54, 1.807) is 13.0 Å². The molecule has 1 unspecified atom stereocenters. The van der Waals surface area contributed by atoms with Crippen LogP contribution in [0.2, 0.25) is 0 Å². The summed E-state index contributed by atoms with van der Waals surface area (Å²) in [6.45, 7) is 7.76. The highest BCUT2D eigenvalue weighted by molar-refractivity contribution is 5.83. The maximum Gasteiger partial charge on any atom is 0.344 e. The summed E-state index contributed by atoms with van der Waals surface area (Å²) < 4.78 is 10.4. The van der Waals surface area contributed by atoms with Crippen molar-refractivity contribution in [3.8, 4) is 5.75 Å². The lowest BCUT2D eigenvalue weighted by Gasteiger charge is -2.15. The Morgan fingerprint density at radius 3 is 2.48 bits per heavy atom. The summed E-state index contributed by atoms with van der Waals surface area (Å²) in [7, 11) is 0. The number of rotatable bonds is 7. The van der Waals surface area contributed by atoms with Gasteiger partial charge in [0.2, 0.25) is 0 Å². The minimum absolute atomic E-state index is 0.216. The lowest BCUT2D eigenvalue weighted by molar-refractivity contribution is -0.156. The van der Waals surface area contributed by atoms with E-state index >= 15 is 0 Å². The second-order valence-corrected chi connectivity index (χ2v) is 5.33. The highest BCUT2D eigenvalue weighted by Crippen LogP contribution is 2.15. The van der Waals surface area contributed by atoms with Crippen molar-refractivity contribution in [2.24, 2.45) is 5.92 Å². The van der Waals surface area contributed by atoms with Crippen LogP contribution in [-0.2, 0) is 14.3 Å². The molecule has 1 amide bonds. The van der Waals surface area contributed by atoms with Crippen LogP contribution in [0.15, 0.2) is 24.3 Å². The van der Waals surface area contributed by atoms with Gasteiger partial charge >= 0.3 is 5.97 Å². The summed E-state index contributed by atoms with van der Waals surface area (Å²) in [6, 6.07) is 7.39. The van der Waals surface area contributed by atoms with Crippen LogP contribution in [0.5, 0.6) is 5.75 Å². The van der Waals surface area contributed by atoms with Crippen LogP contribution in [-0.4, -0.2) is 31.1 Å². The van der Waals surface area contributed by atoms with Crippen molar-refractivity contribution in [2.75, 3.05) is 13.2 Å². The number of ether oxygens (including phenoxy) is 2. The zero-order valence-corrected chi connectivity index (χ0v) is 13.0. The molecule has 1 aromatic carbocycles. The van der Waals surface area contributed by atoms with Crippen LogP contribution in [0.1, 0.15) is 26.3 Å². The molecule has 0 aliphatic rings. The topological polar surface area (TPSA) is 64.6 Å². The van der Waals surface area contributed by atoms with Gasteiger partial charge in [-0.2, -0.15) is 0 Å². The number of hydrogen-bond acceptors (Lipinski definition) is 4. The van der Waals surface area contributed by atoms with Crippen LogP contribution in [0.25, 0.3) is 0 Å². The Morgan fingerprint density at radius 2 is 1.86 bits per heavy atom. The van der Waals surface area contributed by atoms with Gasteiger partial charge in [0.15, 0.2) is 12.7 Å². The van der Waals surface area contributed by atoms with Crippen LogP contribution < -0.4 is 10.1 Å². The van der Waals surface area contributed by atoms with Crippen LogP contribution in [0.3, 0.4) is 0 Å². The van der Waals surface area contributed by atoms with Gasteiger partial charge in [-0.1, -0.05) is 32.0 Å². The molecule has 0 aliphatic heterocycles. The molecule has 21 heavy (non-hydrogen) atoms. The Balaban J connectivity index is 2.36. The summed E-state index contributed by atoms with van der Waals surface area (Å²) in [5.74, 6) is 0.117. The largest absolute Gasteiger partial charge is 0.482 e. The third kappa shape index (κ3) is 6.29. The number of esters is 1. The van der Waals surface area contributed by atoms with Gasteiger partial charge < -0.3 is 14.8 Å². The number of amides is 1. The summed E-state index contributed by atoms with van der Waals surface area (Å²) in [5.41, 5.74) is 0.938. The van der Waals surface area contributed by atoms with Crippen LogP contribution in [0, 0.1) is 12.8 Å². The molecule has 1 rings (SSSR count). The second kappa shape index (κ2) is 8.29. The highest BCUT2D eigenvalue weighted by Gasteiger charge is 2.18. The van der Waals surface area contributed by atoms with Crippen molar-refractivity contribution in [1.29, 1.82) is 0 Å². The third-order valence-electron chi connectivity index (χ3n) is 2.80. The number of carbonyl (C=O) groups is 2. The Bertz CT molecular complexity index is 485. The first-order valence-electron chi connectivity index (χ1n) is 7.05. The summed E-state index contributed by atoms with van der Waals surface area (Å²) >= 11 is 0. The van der Waals surface area contributed by atoms with E-state index in [4.69, 9.17) is 9.47 Å². The lowest BCUT2D eigenvalue weighted by Crippen LogP contribution is -2.38. The van der Waals surface area contributed by atoms with Gasteiger partial charge in [0, 0.05) is 6.54 Å². The zero-order chi connectivity index (χ0) is 15.8. The molecule has 0 aromatic heterocycles. The van der Waals surface area contributed by atoms with Crippen molar-refractivity contribution < 1.29 is 19.1 Å². The fourth-order valence-corrected chi connectivity index (χ4v) is 1.59. The van der Waals surface area contributed by atoms with E-state index < -0.39 is 12.1 Å². The maximum atomic E-state index is 11.7. The fraction of sp³-hybridized carbons (Fsp3) is 0.500. The molecule has 0 bridgehead atoms. The van der Waals surface area contributed by atoms with E-state index in [0.717, 1.165) is 5.56 Å². The standard InChI is InChI=1S/C16H23NO4/c1-11(2)9-17-16(19)13(4)21-15(18)10-20-14-8-6-5-7-12(14)3/h5-8,11,13H,9-10H2,1-4H3,(H,17,19). The minimum Gasteiger partial charge on any atom is -0.482 e. The second-order valence-electron chi connectivity index (χ2n) is 5.33. The van der Waals surface area contributed by atoms with Crippen LogP contribution in [0.4, 0.5) is 0 Å². The Labute approximate surface area is 125 Å². The summed E-state index contributed by atoms with van der Waals surface area (Å²) in [4.78, 5) is 23.3. The van der Waals surface area contributed by atoms with E-state index in [-0.39, 0.29) is 12.5 Å². The molecule has 0 saturated heterocycles. The molecule has 0 aliphatic carbocycles. The SMILES string of the molecule is Cc1ccccc1OCC(=O)OC(C)C(=O)NCC(C)C. The first-order chi connectivity index (χ1) is 9.90. The molecular weight excluding hydrogens is 270 g/mol. The van der Waals surface area contributed by atoms with Gasteiger partial charge in [-0.3, -0.25) is 4.79 Å². The van der Waals surface area contributed by atoms with E-state index in [1.165, 1.54) is 0 Å². The molecule has 5 nitrogen and oxygen atoms in total. The first kappa shape index (κ1) is 17.0. The Morgan fingerprint density at radius 1 is 1.19 bits per heavy atom. The molecule has 1 N–H and O–H groups in total. The molecular formula is C16H23NO4. The minimum atomic E-state index is -0.822. The van der Waals surface area contributed by atoms with E-state index in [1.807, 2.05) is 39.0 Å². The quantitative estimate of drug-likeness (QED) is 0.782. The fourth-order valence-electron chi connectivity index (χ4n) is 1.59. The molecule has 0 saturated carbocycles. The molecule has 0 radical (unpaired) electrons. The molecule has 0 fully saturated rings. The van der Waals surface area contributed by atoms with Gasteiger partial charge in [0.1, 0.15) is 5.75 Å². The average molecular weight is 293 g/mol. The van der Waals surface area contributed by atoms with Gasteiger partial charge in [0.25, 0.3) is 5.91 Å². The number of aryl methyl sites for hydroxylation is 1. The zero-order valence-electron chi connectivity index (χ0n) is 13.0. The third-order valence-corrected chi connectivity index (χ3v) is 2.80. The van der Waals surface area contributed by atoms with E-state index in [0.29, 0.717) is 18.2 Å². The van der Waals surface area contributed by atoms with Crippen LogP contribution >= 0.6 is 0 Å². The lowest BCUT2D eigenvalue weighted by atomic mass is 10.2. The number of para-hydroxylation sites is 1. The van der Waals surface area contributed by atoms with Crippen molar-refractivity contribution in [3.63, 3.8) is 0 Å². The number of hydrogen-bond donors (Lipinski definition) is 1. The number of nitrogens with one attached hydrogen (secondary N) is 1. The molecule has 116 valence electrons. The number of carbonyl (C=O) groups excluding carboxylic acids is 2. The number of benzene rings is 1. The maximum absolute atomic E-state index is 11.7. The molecule has 0 spiro atoms. The molecule has 1 atom stereocenters. The van der Waals surface area contributed by atoms with Crippen molar-refractivity contribution in [2.45, 2.75) is 33.8 Å². The smallest absolute Gasteiger partial charge is 0.344 e. The predicted molar refractivity (Wildman–Crippen MR) is 80.1 cm³/mol. The Kier molecular flexibility index (Phi) is 6.72. The summed E-state index contributed by atoms with van der Waals surface area (Å²) in [5, 5.41) is 2.71. The Hall–Kier alpha value is -2.04. The van der Waals surface area contributed by atoms with E-state index in [9.17, 15) is 9.59 Å². The van der Waals surface area contributed by atoms with Crippen molar-refractivity contribution in [1.82, 2.24) is 5.32 Å². The predicted octanol–water partition coefficient (Wildman–Crippen LogP) is 2.08. The van der Waals surface area contributed by atoms with Gasteiger partial charge in [0.05, 0.1) is 0 Å². The average Bonchev–Trinajstić information content (AvgIpc) is 2.43. The normalized spacial score (nSPS) is 11.9. The van der Waals surface area contributed by atoms with Crippen molar-refractivity contribution >= 4 is 11.9 Å². The molecule has 1 aromatic rings. The first-order valence-corrected chi connectivity index (χ1v) is 7.05. The van der Waals surface area contributed by atoms with Gasteiger partial charge in [-0.25, -0.2) is 4.79 Å². The molecule has 5 heteroatoms. The van der Waals surface area contributed by atoms with E-state index in [2.05, 4.69) is 5.32 Å². The van der Waals surface area contributed by atoms with Crippen molar-refractivity contribution in [3.05, 3.63) is 29.8 Å². The van der Waals surface area contributed by atoms with Gasteiger partial charge in [-0.15, -0.1) is 0 Å².